The number of nitrogens with one attached hydrogen (secondary N) is 4. The molecule has 8 heteroatoms. The highest BCUT2D eigenvalue weighted by Crippen LogP contribution is 2.23. The topological polar surface area (TPSA) is 106 Å². The summed E-state index contributed by atoms with van der Waals surface area (Å²) in [5.41, 5.74) is 4.43. The van der Waals surface area contributed by atoms with Gasteiger partial charge in [-0.05, 0) is 62.9 Å². The summed E-state index contributed by atoms with van der Waals surface area (Å²) in [7, 11) is 2.09. The fourth-order valence-corrected chi connectivity index (χ4v) is 4.62. The van der Waals surface area contributed by atoms with Gasteiger partial charge in [-0.1, -0.05) is 30.3 Å². The first kappa shape index (κ1) is 24.3. The number of pyridine rings is 2. The van der Waals surface area contributed by atoms with Crippen LogP contribution >= 0.6 is 0 Å². The predicted octanol–water partition coefficient (Wildman–Crippen LogP) is 5.09. The van der Waals surface area contributed by atoms with Crippen LogP contribution in [-0.2, 0) is 6.42 Å². The molecule has 0 radical (unpaired) electrons. The summed E-state index contributed by atoms with van der Waals surface area (Å²) in [5.74, 6) is 0.819. The van der Waals surface area contributed by atoms with Crippen LogP contribution in [0, 0.1) is 18.3 Å². The van der Waals surface area contributed by atoms with Gasteiger partial charge in [0.2, 0.25) is 0 Å². The van der Waals surface area contributed by atoms with Crippen molar-refractivity contribution in [2.45, 2.75) is 32.2 Å². The minimum atomic E-state index is -0.271. The summed E-state index contributed by atoms with van der Waals surface area (Å²) in [6.07, 6.45) is 7.81. The van der Waals surface area contributed by atoms with E-state index in [1.165, 1.54) is 11.8 Å². The first-order valence-corrected chi connectivity index (χ1v) is 12.0. The van der Waals surface area contributed by atoms with Crippen molar-refractivity contribution in [3.8, 4) is 0 Å². The Labute approximate surface area is 209 Å². The summed E-state index contributed by atoms with van der Waals surface area (Å²) in [4.78, 5) is 23.6. The Morgan fingerprint density at radius 3 is 2.80 bits per heavy atom. The molecule has 35 heavy (non-hydrogen) atoms. The molecule has 1 aliphatic rings. The molecule has 4 rings (SSSR count). The molecule has 0 unspecified atom stereocenters. The number of hydrogen-bond acceptors (Lipinski definition) is 6. The third-order valence-corrected chi connectivity index (χ3v) is 6.33. The smallest absolute Gasteiger partial charge is 0.320 e. The summed E-state index contributed by atoms with van der Waals surface area (Å²) in [6, 6.07) is 15.8. The van der Waals surface area contributed by atoms with Gasteiger partial charge in [0, 0.05) is 51.3 Å². The number of hydrogen-bond donors (Lipinski definition) is 4. The molecular weight excluding hydrogens is 438 g/mol. The van der Waals surface area contributed by atoms with Crippen LogP contribution in [0.3, 0.4) is 0 Å². The SMILES string of the molecule is Cc1cc(Nc2cnc(NC(=O)N[C@H]3CN(C)C[C@@H]3CCCc3ccccc3)cc2C=N)ccn1.[HH].[HH]. The van der Waals surface area contributed by atoms with Gasteiger partial charge in [-0.25, -0.2) is 9.78 Å². The number of amides is 2. The lowest BCUT2D eigenvalue weighted by Gasteiger charge is -2.20. The zero-order valence-electron chi connectivity index (χ0n) is 20.3. The molecule has 1 fully saturated rings. The van der Waals surface area contributed by atoms with E-state index in [-0.39, 0.29) is 14.9 Å². The zero-order valence-corrected chi connectivity index (χ0v) is 20.3. The monoisotopic (exact) mass is 475 g/mol. The molecule has 2 atom stereocenters. The molecule has 3 heterocycles. The van der Waals surface area contributed by atoms with Gasteiger partial charge >= 0.3 is 6.03 Å². The van der Waals surface area contributed by atoms with Gasteiger partial charge < -0.3 is 20.9 Å². The zero-order chi connectivity index (χ0) is 24.6. The van der Waals surface area contributed by atoms with Gasteiger partial charge in [0.25, 0.3) is 0 Å². The molecule has 0 saturated carbocycles. The lowest BCUT2D eigenvalue weighted by molar-refractivity contribution is 0.245. The molecule has 1 aliphatic heterocycles. The Hall–Kier alpha value is -3.78. The number of urea groups is 1. The van der Waals surface area contributed by atoms with Gasteiger partial charge in [0.05, 0.1) is 11.9 Å². The van der Waals surface area contributed by atoms with Gasteiger partial charge in [-0.15, -0.1) is 0 Å². The van der Waals surface area contributed by atoms with Crippen molar-refractivity contribution in [1.29, 1.82) is 5.41 Å². The molecule has 1 aromatic carbocycles. The van der Waals surface area contributed by atoms with Crippen molar-refractivity contribution in [3.63, 3.8) is 0 Å². The number of likely N-dealkylation sites (N-methyl/N-ethyl adjacent to an activating group) is 1. The molecule has 0 aliphatic carbocycles. The maximum atomic E-state index is 12.8. The summed E-state index contributed by atoms with van der Waals surface area (Å²) < 4.78 is 0. The third kappa shape index (κ3) is 6.86. The van der Waals surface area contributed by atoms with E-state index in [1.54, 1.807) is 18.5 Å². The molecule has 0 spiro atoms. The third-order valence-electron chi connectivity index (χ3n) is 6.33. The van der Waals surface area contributed by atoms with Gasteiger partial charge in [-0.3, -0.25) is 10.3 Å². The number of aromatic nitrogens is 2. The van der Waals surface area contributed by atoms with Gasteiger partial charge in [0.1, 0.15) is 5.82 Å². The number of carbonyl (C=O) groups is 1. The van der Waals surface area contributed by atoms with Crippen molar-refractivity contribution in [2.75, 3.05) is 30.8 Å². The standard InChI is InChI=1S/C27H33N7O.2H2/c1-19-13-23(11-12-29-19)31-24-16-30-26(14-22(24)15-28)33-27(35)32-25-18-34(2)17-21(25)10-6-9-20-7-4-3-5-8-20;;/h3-5,7-8,11-16,21,25,28H,6,9-10,17-18H2,1-2H3,(H,29,31)(H2,30,32,33,35);2*1H/t21-,25-;;/m0../s1. The highest BCUT2D eigenvalue weighted by molar-refractivity contribution is 5.92. The number of anilines is 3. The summed E-state index contributed by atoms with van der Waals surface area (Å²) in [5, 5.41) is 17.0. The van der Waals surface area contributed by atoms with E-state index in [1.807, 2.05) is 25.1 Å². The van der Waals surface area contributed by atoms with Crippen LogP contribution in [0.4, 0.5) is 22.0 Å². The number of aryl methyl sites for hydroxylation is 2. The van der Waals surface area contributed by atoms with E-state index >= 15 is 0 Å². The molecule has 2 amide bonds. The maximum absolute atomic E-state index is 12.8. The molecular formula is C27H37N7O. The Morgan fingerprint density at radius 1 is 1.20 bits per heavy atom. The predicted molar refractivity (Wildman–Crippen MR) is 145 cm³/mol. The molecule has 2 aromatic heterocycles. The second kappa shape index (κ2) is 11.6. The molecule has 1 saturated heterocycles. The number of likely N-dealkylation sites (tertiary alicyclic amines) is 1. The molecule has 0 bridgehead atoms. The Balaban J connectivity index is 0.00000241. The molecule has 3 aromatic rings. The van der Waals surface area contributed by atoms with Crippen LogP contribution in [0.5, 0.6) is 0 Å². The molecule has 186 valence electrons. The van der Waals surface area contributed by atoms with Gasteiger partial charge in [-0.2, -0.15) is 0 Å². The van der Waals surface area contributed by atoms with E-state index in [0.717, 1.165) is 43.7 Å². The fraction of sp³-hybridized carbons (Fsp3) is 0.333. The largest absolute Gasteiger partial charge is 0.354 e. The highest BCUT2D eigenvalue weighted by Gasteiger charge is 2.31. The Bertz CT molecular complexity index is 1160. The Kier molecular flexibility index (Phi) is 8.05. The average molecular weight is 476 g/mol. The highest BCUT2D eigenvalue weighted by atomic mass is 16.2. The average Bonchev–Trinajstić information content (AvgIpc) is 3.19. The van der Waals surface area contributed by atoms with Crippen molar-refractivity contribution in [3.05, 3.63) is 77.7 Å². The number of carbonyl (C=O) groups excluding carboxylic acids is 1. The lowest BCUT2D eigenvalue weighted by atomic mass is 9.95. The van der Waals surface area contributed by atoms with Crippen LogP contribution in [0.25, 0.3) is 0 Å². The minimum absolute atomic E-state index is 0. The van der Waals surface area contributed by atoms with Crippen molar-refractivity contribution in [2.24, 2.45) is 5.92 Å². The molecule has 4 N–H and O–H groups in total. The van der Waals surface area contributed by atoms with E-state index in [2.05, 4.69) is 62.1 Å². The van der Waals surface area contributed by atoms with E-state index in [9.17, 15) is 4.79 Å². The molecule has 8 nitrogen and oxygen atoms in total. The minimum Gasteiger partial charge on any atom is -0.354 e. The van der Waals surface area contributed by atoms with Crippen molar-refractivity contribution in [1.82, 2.24) is 20.2 Å². The Morgan fingerprint density at radius 2 is 2.03 bits per heavy atom. The maximum Gasteiger partial charge on any atom is 0.320 e. The van der Waals surface area contributed by atoms with Gasteiger partial charge in [0.15, 0.2) is 0 Å². The van der Waals surface area contributed by atoms with E-state index < -0.39 is 0 Å². The first-order valence-electron chi connectivity index (χ1n) is 12.0. The second-order valence-electron chi connectivity index (χ2n) is 9.18. The quantitative estimate of drug-likeness (QED) is 0.323. The van der Waals surface area contributed by atoms with Crippen LogP contribution in [-0.4, -0.2) is 53.3 Å². The van der Waals surface area contributed by atoms with E-state index in [0.29, 0.717) is 23.0 Å². The first-order chi connectivity index (χ1) is 17.0. The van der Waals surface area contributed by atoms with Crippen LogP contribution in [0.15, 0.2) is 60.9 Å². The second-order valence-corrected chi connectivity index (χ2v) is 9.18. The number of nitrogens with zero attached hydrogens (tertiary/aromatic N) is 3. The van der Waals surface area contributed by atoms with Crippen LogP contribution < -0.4 is 16.0 Å². The van der Waals surface area contributed by atoms with Crippen LogP contribution in [0.2, 0.25) is 0 Å². The summed E-state index contributed by atoms with van der Waals surface area (Å²) >= 11 is 0. The fourth-order valence-electron chi connectivity index (χ4n) is 4.62. The van der Waals surface area contributed by atoms with Crippen molar-refractivity contribution < 1.29 is 7.65 Å². The van der Waals surface area contributed by atoms with Crippen LogP contribution in [0.1, 0.15) is 32.5 Å². The van der Waals surface area contributed by atoms with E-state index in [4.69, 9.17) is 5.41 Å². The summed E-state index contributed by atoms with van der Waals surface area (Å²) in [6.45, 7) is 3.73. The number of benzene rings is 1. The number of rotatable bonds is 9. The normalized spacial score (nSPS) is 17.7. The van der Waals surface area contributed by atoms with Crippen molar-refractivity contribution >= 4 is 29.4 Å². The lowest BCUT2D eigenvalue weighted by Crippen LogP contribution is -2.42.